The van der Waals surface area contributed by atoms with Gasteiger partial charge in [0.2, 0.25) is 6.41 Å². The van der Waals surface area contributed by atoms with Gasteiger partial charge in [-0.05, 0) is 43.3 Å². The number of nitrogens with one attached hydrogen (secondary N) is 2. The molecule has 2 heterocycles. The topological polar surface area (TPSA) is 116 Å². The Balaban J connectivity index is 1.50. The standard InChI is InChI=1S/C24H25ClN6O3/c1-16(26)13-33-18-3-2-4-19(12-18)34-22-6-5-17(11-20(22)25)30-24-23-21(28-14-29-24)7-9-31(23)10-8-27-15-32/h2-7,9,11-12,14-16H,8,10,13,26H2,1H3,(H,27,32)(H,28,29,30). The van der Waals surface area contributed by atoms with Crippen LogP contribution in [0.15, 0.2) is 61.1 Å². The predicted octanol–water partition coefficient (Wildman–Crippen LogP) is 4.09. The maximum atomic E-state index is 10.6. The minimum Gasteiger partial charge on any atom is -0.492 e. The Hall–Kier alpha value is -3.82. The maximum absolute atomic E-state index is 10.6. The Morgan fingerprint density at radius 3 is 2.82 bits per heavy atom. The summed E-state index contributed by atoms with van der Waals surface area (Å²) in [5, 5.41) is 6.39. The smallest absolute Gasteiger partial charge is 0.207 e. The maximum Gasteiger partial charge on any atom is 0.207 e. The fourth-order valence-corrected chi connectivity index (χ4v) is 3.55. The number of nitrogens with zero attached hydrogens (tertiary/aromatic N) is 3. The molecule has 0 aliphatic carbocycles. The summed E-state index contributed by atoms with van der Waals surface area (Å²) in [6.45, 7) is 3.38. The molecular formula is C24H25ClN6O3. The van der Waals surface area contributed by atoms with Crippen LogP contribution >= 0.6 is 11.6 Å². The van der Waals surface area contributed by atoms with Crippen LogP contribution in [-0.2, 0) is 11.3 Å². The number of benzene rings is 2. The first-order chi connectivity index (χ1) is 16.5. The van der Waals surface area contributed by atoms with E-state index in [1.165, 1.54) is 6.33 Å². The summed E-state index contributed by atoms with van der Waals surface area (Å²) in [5.74, 6) is 2.41. The third kappa shape index (κ3) is 5.75. The summed E-state index contributed by atoms with van der Waals surface area (Å²) < 4.78 is 13.6. The predicted molar refractivity (Wildman–Crippen MR) is 132 cm³/mol. The van der Waals surface area contributed by atoms with Crippen molar-refractivity contribution in [2.75, 3.05) is 18.5 Å². The van der Waals surface area contributed by atoms with Gasteiger partial charge in [-0.25, -0.2) is 9.97 Å². The molecule has 0 aliphatic heterocycles. The van der Waals surface area contributed by atoms with Crippen LogP contribution in [0.4, 0.5) is 11.5 Å². The Morgan fingerprint density at radius 2 is 2.03 bits per heavy atom. The molecule has 2 aromatic carbocycles. The van der Waals surface area contributed by atoms with Crippen LogP contribution in [0.2, 0.25) is 5.02 Å². The SMILES string of the molecule is CC(N)COc1cccc(Oc2ccc(Nc3ncnc4ccn(CCNC=O)c34)cc2Cl)c1. The van der Waals surface area contributed by atoms with E-state index in [9.17, 15) is 4.79 Å². The van der Waals surface area contributed by atoms with Crippen molar-refractivity contribution in [3.05, 3.63) is 66.1 Å². The van der Waals surface area contributed by atoms with E-state index in [4.69, 9.17) is 26.8 Å². The van der Waals surface area contributed by atoms with Crippen LogP contribution in [0.3, 0.4) is 0 Å². The number of aromatic nitrogens is 3. The summed E-state index contributed by atoms with van der Waals surface area (Å²) in [4.78, 5) is 19.3. The van der Waals surface area contributed by atoms with Crippen molar-refractivity contribution in [1.82, 2.24) is 19.9 Å². The number of carbonyl (C=O) groups is 1. The number of nitrogens with two attached hydrogens (primary N) is 1. The molecule has 4 rings (SSSR count). The molecule has 9 nitrogen and oxygen atoms in total. The van der Waals surface area contributed by atoms with Gasteiger partial charge >= 0.3 is 0 Å². The van der Waals surface area contributed by atoms with E-state index >= 15 is 0 Å². The molecule has 0 fully saturated rings. The lowest BCUT2D eigenvalue weighted by Crippen LogP contribution is -2.23. The Kier molecular flexibility index (Phi) is 7.46. The van der Waals surface area contributed by atoms with E-state index in [0.717, 1.165) is 16.7 Å². The van der Waals surface area contributed by atoms with Gasteiger partial charge in [0.15, 0.2) is 5.82 Å². The van der Waals surface area contributed by atoms with Crippen molar-refractivity contribution in [3.8, 4) is 17.2 Å². The van der Waals surface area contributed by atoms with Crippen LogP contribution in [0.1, 0.15) is 6.92 Å². The molecule has 0 radical (unpaired) electrons. The molecular weight excluding hydrogens is 456 g/mol. The molecule has 34 heavy (non-hydrogen) atoms. The molecule has 0 saturated carbocycles. The normalized spacial score (nSPS) is 11.7. The number of hydrogen-bond donors (Lipinski definition) is 3. The highest BCUT2D eigenvalue weighted by atomic mass is 35.5. The number of fused-ring (bicyclic) bond motifs is 1. The van der Waals surface area contributed by atoms with Gasteiger partial charge in [-0.2, -0.15) is 0 Å². The molecule has 4 N–H and O–H groups in total. The van der Waals surface area contributed by atoms with Gasteiger partial charge in [0, 0.05) is 37.1 Å². The van der Waals surface area contributed by atoms with E-state index in [-0.39, 0.29) is 6.04 Å². The van der Waals surface area contributed by atoms with E-state index in [2.05, 4.69) is 20.6 Å². The van der Waals surface area contributed by atoms with Gasteiger partial charge in [0.1, 0.15) is 35.7 Å². The van der Waals surface area contributed by atoms with E-state index in [1.807, 2.05) is 48.0 Å². The van der Waals surface area contributed by atoms with Crippen LogP contribution in [0, 0.1) is 0 Å². The molecule has 1 atom stereocenters. The number of halogens is 1. The number of anilines is 2. The molecule has 1 amide bonds. The lowest BCUT2D eigenvalue weighted by molar-refractivity contribution is -0.109. The van der Waals surface area contributed by atoms with Crippen molar-refractivity contribution in [2.45, 2.75) is 19.5 Å². The summed E-state index contributed by atoms with van der Waals surface area (Å²) in [6.07, 6.45) is 4.09. The first-order valence-corrected chi connectivity index (χ1v) is 11.1. The fourth-order valence-electron chi connectivity index (χ4n) is 3.33. The van der Waals surface area contributed by atoms with Crippen molar-refractivity contribution in [2.24, 2.45) is 5.73 Å². The van der Waals surface area contributed by atoms with Crippen LogP contribution in [0.25, 0.3) is 11.0 Å². The summed E-state index contributed by atoms with van der Waals surface area (Å²) >= 11 is 6.51. The first kappa shape index (κ1) is 23.3. The first-order valence-electron chi connectivity index (χ1n) is 10.7. The zero-order valence-electron chi connectivity index (χ0n) is 18.6. The Labute approximate surface area is 201 Å². The lowest BCUT2D eigenvalue weighted by atomic mass is 10.2. The molecule has 176 valence electrons. The van der Waals surface area contributed by atoms with Crippen LogP contribution in [0.5, 0.6) is 17.2 Å². The minimum atomic E-state index is -0.0638. The molecule has 0 bridgehead atoms. The van der Waals surface area contributed by atoms with Crippen molar-refractivity contribution >= 4 is 40.5 Å². The fraction of sp³-hybridized carbons (Fsp3) is 0.208. The van der Waals surface area contributed by atoms with Gasteiger partial charge in [0.25, 0.3) is 0 Å². The van der Waals surface area contributed by atoms with Crippen LogP contribution < -0.4 is 25.8 Å². The molecule has 0 spiro atoms. The average Bonchev–Trinajstić information content (AvgIpc) is 3.24. The van der Waals surface area contributed by atoms with E-state index < -0.39 is 0 Å². The Morgan fingerprint density at radius 1 is 1.18 bits per heavy atom. The van der Waals surface area contributed by atoms with Gasteiger partial charge in [0.05, 0.1) is 10.5 Å². The zero-order chi connectivity index (χ0) is 23.9. The second-order valence-corrected chi connectivity index (χ2v) is 8.08. The second kappa shape index (κ2) is 10.9. The Bertz CT molecular complexity index is 1280. The number of ether oxygens (including phenoxy) is 2. The van der Waals surface area contributed by atoms with E-state index in [0.29, 0.717) is 54.2 Å². The third-order valence-corrected chi connectivity index (χ3v) is 5.17. The molecule has 0 aliphatic rings. The van der Waals surface area contributed by atoms with Gasteiger partial charge in [-0.1, -0.05) is 17.7 Å². The van der Waals surface area contributed by atoms with Gasteiger partial charge in [-0.15, -0.1) is 0 Å². The number of rotatable bonds is 11. The van der Waals surface area contributed by atoms with Gasteiger partial charge in [-0.3, -0.25) is 4.79 Å². The largest absolute Gasteiger partial charge is 0.492 e. The van der Waals surface area contributed by atoms with Gasteiger partial charge < -0.3 is 30.4 Å². The molecule has 0 saturated heterocycles. The summed E-state index contributed by atoms with van der Waals surface area (Å²) in [7, 11) is 0. The summed E-state index contributed by atoms with van der Waals surface area (Å²) in [5.41, 5.74) is 8.11. The monoisotopic (exact) mass is 480 g/mol. The highest BCUT2D eigenvalue weighted by molar-refractivity contribution is 6.32. The van der Waals surface area contributed by atoms with Crippen molar-refractivity contribution < 1.29 is 14.3 Å². The number of amides is 1. The molecule has 10 heteroatoms. The van der Waals surface area contributed by atoms with Crippen molar-refractivity contribution in [3.63, 3.8) is 0 Å². The quantitative estimate of drug-likeness (QED) is 0.218. The zero-order valence-corrected chi connectivity index (χ0v) is 19.3. The van der Waals surface area contributed by atoms with Crippen LogP contribution in [-0.4, -0.2) is 40.1 Å². The highest BCUT2D eigenvalue weighted by Crippen LogP contribution is 2.34. The van der Waals surface area contributed by atoms with Crippen molar-refractivity contribution in [1.29, 1.82) is 0 Å². The number of carbonyl (C=O) groups excluding carboxylic acids is 1. The second-order valence-electron chi connectivity index (χ2n) is 7.67. The molecule has 1 unspecified atom stereocenters. The minimum absolute atomic E-state index is 0.0638. The summed E-state index contributed by atoms with van der Waals surface area (Å²) in [6, 6.07) is 14.5. The highest BCUT2D eigenvalue weighted by Gasteiger charge is 2.11. The average molecular weight is 481 g/mol. The molecule has 4 aromatic rings. The number of hydrogen-bond acceptors (Lipinski definition) is 7. The molecule has 2 aromatic heterocycles. The lowest BCUT2D eigenvalue weighted by Gasteiger charge is -2.13. The third-order valence-electron chi connectivity index (χ3n) is 4.87. The van der Waals surface area contributed by atoms with E-state index in [1.54, 1.807) is 18.2 Å².